The van der Waals surface area contributed by atoms with Gasteiger partial charge in [0.2, 0.25) is 0 Å². The van der Waals surface area contributed by atoms with Crippen molar-refractivity contribution in [1.82, 2.24) is 0 Å². The van der Waals surface area contributed by atoms with E-state index in [4.69, 9.17) is 5.73 Å². The Hall–Kier alpha value is -1.32. The van der Waals surface area contributed by atoms with Crippen molar-refractivity contribution in [3.05, 3.63) is 23.8 Å². The molecule has 2 N–H and O–H groups in total. The average Bonchev–Trinajstić information content (AvgIpc) is 2.19. The minimum absolute atomic E-state index is 0.00709. The van der Waals surface area contributed by atoms with Crippen LogP contribution in [0.2, 0.25) is 0 Å². The first-order chi connectivity index (χ1) is 7.41. The fraction of sp³-hybridized carbons (Fsp3) is 0.500. The average molecular weight is 228 g/mol. The van der Waals surface area contributed by atoms with Crippen molar-refractivity contribution in [3.8, 4) is 0 Å². The molecule has 90 valence electrons. The topological polar surface area (TPSA) is 29.3 Å². The second-order valence-corrected chi connectivity index (χ2v) is 4.42. The third-order valence-electron chi connectivity index (χ3n) is 2.53. The Balaban J connectivity index is 2.86. The number of halogens is 2. The third kappa shape index (κ3) is 3.08. The molecular weight excluding hydrogens is 210 g/mol. The van der Waals surface area contributed by atoms with Crippen molar-refractivity contribution in [2.24, 2.45) is 5.92 Å². The van der Waals surface area contributed by atoms with Crippen LogP contribution in [0.3, 0.4) is 0 Å². The molecule has 2 nitrogen and oxygen atoms in total. The van der Waals surface area contributed by atoms with Gasteiger partial charge in [0.05, 0.1) is 11.4 Å². The summed E-state index contributed by atoms with van der Waals surface area (Å²) in [6.07, 6.45) is 0.952. The highest BCUT2D eigenvalue weighted by Gasteiger charge is 2.12. The second-order valence-electron chi connectivity index (χ2n) is 4.42. The molecule has 0 heterocycles. The maximum Gasteiger partial charge on any atom is 0.151 e. The molecule has 0 aliphatic heterocycles. The van der Waals surface area contributed by atoms with Crippen LogP contribution in [-0.2, 0) is 0 Å². The van der Waals surface area contributed by atoms with Gasteiger partial charge < -0.3 is 10.6 Å². The van der Waals surface area contributed by atoms with Gasteiger partial charge in [0.1, 0.15) is 5.82 Å². The van der Waals surface area contributed by atoms with Crippen LogP contribution in [0, 0.1) is 17.6 Å². The number of rotatable bonds is 4. The maximum atomic E-state index is 13.2. The number of nitrogens with two attached hydrogens (primary N) is 1. The molecule has 4 heteroatoms. The molecule has 16 heavy (non-hydrogen) atoms. The van der Waals surface area contributed by atoms with Gasteiger partial charge in [-0.3, -0.25) is 0 Å². The number of hydrogen-bond acceptors (Lipinski definition) is 2. The molecule has 0 unspecified atom stereocenters. The summed E-state index contributed by atoms with van der Waals surface area (Å²) in [5.74, 6) is -0.758. The molecule has 0 aliphatic carbocycles. The number of benzene rings is 1. The van der Waals surface area contributed by atoms with Crippen LogP contribution in [0.5, 0.6) is 0 Å². The molecule has 0 amide bonds. The molecule has 0 saturated heterocycles. The fourth-order valence-corrected chi connectivity index (χ4v) is 1.46. The van der Waals surface area contributed by atoms with Gasteiger partial charge in [-0.25, -0.2) is 8.78 Å². The van der Waals surface area contributed by atoms with Crippen molar-refractivity contribution in [3.63, 3.8) is 0 Å². The van der Waals surface area contributed by atoms with Crippen molar-refractivity contribution in [2.45, 2.75) is 20.3 Å². The summed E-state index contributed by atoms with van der Waals surface area (Å²) in [7, 11) is 1.78. The van der Waals surface area contributed by atoms with Crippen LogP contribution >= 0.6 is 0 Å². The van der Waals surface area contributed by atoms with E-state index in [-0.39, 0.29) is 5.69 Å². The van der Waals surface area contributed by atoms with Gasteiger partial charge in [-0.05, 0) is 18.4 Å². The highest BCUT2D eigenvalue weighted by molar-refractivity contribution is 5.67. The molecule has 0 aromatic heterocycles. The SMILES string of the molecule is CC(C)CCN(C)c1cc(F)cc(F)c1N. The summed E-state index contributed by atoms with van der Waals surface area (Å²) in [6, 6.07) is 2.06. The van der Waals surface area contributed by atoms with Crippen molar-refractivity contribution >= 4 is 11.4 Å². The van der Waals surface area contributed by atoms with E-state index in [1.165, 1.54) is 6.07 Å². The van der Waals surface area contributed by atoms with Gasteiger partial charge in [0.15, 0.2) is 5.82 Å². The van der Waals surface area contributed by atoms with Crippen molar-refractivity contribution < 1.29 is 8.78 Å². The number of nitrogens with zero attached hydrogens (tertiary/aromatic N) is 1. The lowest BCUT2D eigenvalue weighted by atomic mass is 10.1. The van der Waals surface area contributed by atoms with Crippen LogP contribution in [0.1, 0.15) is 20.3 Å². The number of hydrogen-bond donors (Lipinski definition) is 1. The zero-order chi connectivity index (χ0) is 12.3. The minimum Gasteiger partial charge on any atom is -0.395 e. The summed E-state index contributed by atoms with van der Waals surface area (Å²) >= 11 is 0. The Bertz CT molecular complexity index is 364. The lowest BCUT2D eigenvalue weighted by Crippen LogP contribution is -2.21. The molecule has 1 aromatic rings. The zero-order valence-corrected chi connectivity index (χ0v) is 9.93. The Labute approximate surface area is 95.1 Å². The predicted molar refractivity (Wildman–Crippen MR) is 63.5 cm³/mol. The van der Waals surface area contributed by atoms with Crippen LogP contribution in [-0.4, -0.2) is 13.6 Å². The Kier molecular flexibility index (Phi) is 4.10. The van der Waals surface area contributed by atoms with E-state index in [0.717, 1.165) is 19.0 Å². The quantitative estimate of drug-likeness (QED) is 0.803. The highest BCUT2D eigenvalue weighted by atomic mass is 19.1. The van der Waals surface area contributed by atoms with E-state index >= 15 is 0 Å². The van der Waals surface area contributed by atoms with Crippen LogP contribution in [0.25, 0.3) is 0 Å². The monoisotopic (exact) mass is 228 g/mol. The van der Waals surface area contributed by atoms with E-state index in [1.807, 2.05) is 0 Å². The summed E-state index contributed by atoms with van der Waals surface area (Å²) in [5.41, 5.74) is 6.00. The van der Waals surface area contributed by atoms with E-state index in [2.05, 4.69) is 13.8 Å². The summed E-state index contributed by atoms with van der Waals surface area (Å²) < 4.78 is 26.3. The van der Waals surface area contributed by atoms with E-state index < -0.39 is 11.6 Å². The van der Waals surface area contributed by atoms with Gasteiger partial charge in [-0.2, -0.15) is 0 Å². The van der Waals surface area contributed by atoms with Gasteiger partial charge in [-0.15, -0.1) is 0 Å². The smallest absolute Gasteiger partial charge is 0.151 e. The molecule has 0 aliphatic rings. The van der Waals surface area contributed by atoms with E-state index in [1.54, 1.807) is 11.9 Å². The maximum absolute atomic E-state index is 13.2. The normalized spacial score (nSPS) is 10.9. The Morgan fingerprint density at radius 3 is 2.50 bits per heavy atom. The van der Waals surface area contributed by atoms with Crippen molar-refractivity contribution in [2.75, 3.05) is 24.2 Å². The lowest BCUT2D eigenvalue weighted by molar-refractivity contribution is 0.575. The minimum atomic E-state index is -0.702. The van der Waals surface area contributed by atoms with Crippen molar-refractivity contribution in [1.29, 1.82) is 0 Å². The molecule has 0 fully saturated rings. The molecule has 0 spiro atoms. The van der Waals surface area contributed by atoms with Crippen LogP contribution in [0.15, 0.2) is 12.1 Å². The fourth-order valence-electron chi connectivity index (χ4n) is 1.46. The first-order valence-electron chi connectivity index (χ1n) is 5.37. The number of anilines is 2. The molecule has 0 bridgehead atoms. The van der Waals surface area contributed by atoms with E-state index in [0.29, 0.717) is 11.6 Å². The molecule has 0 atom stereocenters. The van der Waals surface area contributed by atoms with Gasteiger partial charge in [-0.1, -0.05) is 13.8 Å². The lowest BCUT2D eigenvalue weighted by Gasteiger charge is -2.22. The van der Waals surface area contributed by atoms with E-state index in [9.17, 15) is 8.78 Å². The third-order valence-corrected chi connectivity index (χ3v) is 2.53. The largest absolute Gasteiger partial charge is 0.395 e. The predicted octanol–water partition coefficient (Wildman–Crippen LogP) is 3.03. The van der Waals surface area contributed by atoms with Gasteiger partial charge >= 0.3 is 0 Å². The molecule has 0 saturated carbocycles. The molecular formula is C12H18F2N2. The van der Waals surface area contributed by atoms with Gasteiger partial charge in [0.25, 0.3) is 0 Å². The molecule has 0 radical (unpaired) electrons. The van der Waals surface area contributed by atoms with Gasteiger partial charge in [0, 0.05) is 19.7 Å². The summed E-state index contributed by atoms with van der Waals surface area (Å²) in [4.78, 5) is 1.78. The van der Waals surface area contributed by atoms with Crippen LogP contribution < -0.4 is 10.6 Å². The zero-order valence-electron chi connectivity index (χ0n) is 9.93. The van der Waals surface area contributed by atoms with Crippen LogP contribution in [0.4, 0.5) is 20.2 Å². The summed E-state index contributed by atoms with van der Waals surface area (Å²) in [6.45, 7) is 4.93. The Morgan fingerprint density at radius 2 is 1.94 bits per heavy atom. The molecule has 1 rings (SSSR count). The highest BCUT2D eigenvalue weighted by Crippen LogP contribution is 2.26. The number of nitrogen functional groups attached to an aromatic ring is 1. The first-order valence-corrected chi connectivity index (χ1v) is 5.37. The summed E-state index contributed by atoms with van der Waals surface area (Å²) in [5, 5.41) is 0. The second kappa shape index (κ2) is 5.14. The standard InChI is InChI=1S/C12H18F2N2/c1-8(2)4-5-16(3)11-7-9(13)6-10(14)12(11)15/h6-8H,4-5,15H2,1-3H3. The molecule has 1 aromatic carbocycles. The Morgan fingerprint density at radius 1 is 1.31 bits per heavy atom. The first kappa shape index (κ1) is 12.7.